The van der Waals surface area contributed by atoms with Crippen molar-refractivity contribution in [3.8, 4) is 11.5 Å². The Morgan fingerprint density at radius 2 is 1.86 bits per heavy atom. The summed E-state index contributed by atoms with van der Waals surface area (Å²) in [5.74, 6) is 1.02. The third kappa shape index (κ3) is 1.79. The molecule has 1 aliphatic carbocycles. The summed E-state index contributed by atoms with van der Waals surface area (Å²) in [5.41, 5.74) is 2.33. The van der Waals surface area contributed by atoms with Crippen LogP contribution in [0.2, 0.25) is 0 Å². The monoisotopic (exact) mass is 302 g/mol. The molecule has 0 amide bonds. The van der Waals surface area contributed by atoms with Gasteiger partial charge in [-0.2, -0.15) is 0 Å². The van der Waals surface area contributed by atoms with Crippen molar-refractivity contribution in [2.45, 2.75) is 70.0 Å². The topological polar surface area (TPSA) is 55.8 Å². The first-order valence-electron chi connectivity index (χ1n) is 8.27. The van der Waals surface area contributed by atoms with Gasteiger partial charge in [-0.05, 0) is 32.8 Å². The van der Waals surface area contributed by atoms with E-state index in [1.54, 1.807) is 0 Å². The minimum absolute atomic E-state index is 0.112. The van der Waals surface area contributed by atoms with Crippen molar-refractivity contribution in [2.75, 3.05) is 0 Å². The number of ether oxygens (including phenoxy) is 2. The van der Waals surface area contributed by atoms with E-state index in [1.807, 2.05) is 13.8 Å². The van der Waals surface area contributed by atoms with E-state index < -0.39 is 11.4 Å². The molecular weight excluding hydrogens is 280 g/mol. The van der Waals surface area contributed by atoms with Crippen LogP contribution in [-0.2, 0) is 23.1 Å². The Morgan fingerprint density at radius 3 is 2.55 bits per heavy atom. The van der Waals surface area contributed by atoms with Gasteiger partial charge < -0.3 is 14.6 Å². The van der Waals surface area contributed by atoms with Crippen molar-refractivity contribution in [1.29, 1.82) is 0 Å². The number of fused-ring (bicyclic) bond motifs is 2. The Labute approximate surface area is 130 Å². The van der Waals surface area contributed by atoms with Crippen LogP contribution in [0.4, 0.5) is 0 Å². The number of aliphatic carboxylic acids is 1. The van der Waals surface area contributed by atoms with Gasteiger partial charge in [0.25, 0.3) is 0 Å². The SMILES string of the molecule is CC1Cc2c(cc3c(c2C2(C(=O)O)CCCC2)OC(C)C3)O1. The average Bonchev–Trinajstić information content (AvgIpc) is 3.12. The summed E-state index contributed by atoms with van der Waals surface area (Å²) >= 11 is 0. The fourth-order valence-corrected chi connectivity index (χ4v) is 4.48. The van der Waals surface area contributed by atoms with Crippen LogP contribution in [0, 0.1) is 0 Å². The first kappa shape index (κ1) is 13.9. The average molecular weight is 302 g/mol. The largest absolute Gasteiger partial charge is 0.490 e. The van der Waals surface area contributed by atoms with E-state index in [0.29, 0.717) is 12.8 Å². The van der Waals surface area contributed by atoms with Gasteiger partial charge in [-0.3, -0.25) is 4.79 Å². The maximum absolute atomic E-state index is 12.2. The molecule has 118 valence electrons. The van der Waals surface area contributed by atoms with Gasteiger partial charge in [0, 0.05) is 29.5 Å². The van der Waals surface area contributed by atoms with E-state index in [9.17, 15) is 9.90 Å². The number of benzene rings is 1. The molecule has 4 nitrogen and oxygen atoms in total. The molecule has 2 aliphatic heterocycles. The zero-order chi connectivity index (χ0) is 15.5. The quantitative estimate of drug-likeness (QED) is 0.911. The lowest BCUT2D eigenvalue weighted by Crippen LogP contribution is -2.34. The maximum Gasteiger partial charge on any atom is 0.314 e. The Morgan fingerprint density at radius 1 is 1.18 bits per heavy atom. The van der Waals surface area contributed by atoms with Crippen LogP contribution in [0.5, 0.6) is 11.5 Å². The number of carboxylic acids is 1. The van der Waals surface area contributed by atoms with Crippen molar-refractivity contribution in [2.24, 2.45) is 0 Å². The lowest BCUT2D eigenvalue weighted by molar-refractivity contribution is -0.143. The molecule has 1 saturated carbocycles. The molecule has 0 saturated heterocycles. The molecule has 0 aromatic heterocycles. The lowest BCUT2D eigenvalue weighted by atomic mass is 9.74. The van der Waals surface area contributed by atoms with Crippen LogP contribution in [-0.4, -0.2) is 23.3 Å². The fraction of sp³-hybridized carbons (Fsp3) is 0.611. The van der Waals surface area contributed by atoms with E-state index in [-0.39, 0.29) is 12.2 Å². The van der Waals surface area contributed by atoms with Crippen molar-refractivity contribution in [3.63, 3.8) is 0 Å². The first-order chi connectivity index (χ1) is 10.5. The van der Waals surface area contributed by atoms with Gasteiger partial charge in [0.2, 0.25) is 0 Å². The second-order valence-corrected chi connectivity index (χ2v) is 7.08. The molecule has 22 heavy (non-hydrogen) atoms. The summed E-state index contributed by atoms with van der Waals surface area (Å²) in [6.45, 7) is 4.08. The van der Waals surface area contributed by atoms with E-state index in [1.165, 1.54) is 0 Å². The van der Waals surface area contributed by atoms with Crippen LogP contribution in [0.3, 0.4) is 0 Å². The number of hydrogen-bond acceptors (Lipinski definition) is 3. The number of carboxylic acid groups (broad SMARTS) is 1. The summed E-state index contributed by atoms with van der Waals surface area (Å²) < 4.78 is 12.0. The fourth-order valence-electron chi connectivity index (χ4n) is 4.48. The van der Waals surface area contributed by atoms with Crippen molar-refractivity contribution in [3.05, 3.63) is 22.8 Å². The van der Waals surface area contributed by atoms with Crippen LogP contribution in [0.25, 0.3) is 0 Å². The molecule has 1 fully saturated rings. The standard InChI is InChI=1S/C18H22O4/c1-10-7-12-9-14-13(8-11(2)21-14)15(16(12)22-10)18(17(19)20)5-3-4-6-18/h9-11H,3-8H2,1-2H3,(H,19,20). The van der Waals surface area contributed by atoms with Crippen molar-refractivity contribution < 1.29 is 19.4 Å². The number of carbonyl (C=O) groups is 1. The predicted molar refractivity (Wildman–Crippen MR) is 81.8 cm³/mol. The van der Waals surface area contributed by atoms with E-state index in [0.717, 1.165) is 53.9 Å². The lowest BCUT2D eigenvalue weighted by Gasteiger charge is -2.28. The second-order valence-electron chi connectivity index (χ2n) is 7.08. The third-order valence-electron chi connectivity index (χ3n) is 5.41. The van der Waals surface area contributed by atoms with Crippen molar-refractivity contribution in [1.82, 2.24) is 0 Å². The highest BCUT2D eigenvalue weighted by atomic mass is 16.5. The molecule has 1 aromatic carbocycles. The Kier molecular flexibility index (Phi) is 2.94. The molecule has 0 radical (unpaired) electrons. The third-order valence-corrected chi connectivity index (χ3v) is 5.41. The molecule has 3 aliphatic rings. The zero-order valence-corrected chi connectivity index (χ0v) is 13.1. The Hall–Kier alpha value is -1.71. The van der Waals surface area contributed by atoms with E-state index in [4.69, 9.17) is 9.47 Å². The predicted octanol–water partition coefficient (Wildman–Crippen LogP) is 3.23. The summed E-state index contributed by atoms with van der Waals surface area (Å²) in [6.07, 6.45) is 5.19. The summed E-state index contributed by atoms with van der Waals surface area (Å²) in [6, 6.07) is 2.08. The molecule has 2 heterocycles. The second kappa shape index (κ2) is 4.64. The van der Waals surface area contributed by atoms with Crippen LogP contribution in [0.1, 0.15) is 56.2 Å². The van der Waals surface area contributed by atoms with Crippen LogP contribution >= 0.6 is 0 Å². The molecular formula is C18H22O4. The van der Waals surface area contributed by atoms with Gasteiger partial charge in [-0.1, -0.05) is 12.8 Å². The first-order valence-corrected chi connectivity index (χ1v) is 8.27. The molecule has 0 spiro atoms. The normalized spacial score (nSPS) is 27.9. The summed E-state index contributed by atoms with van der Waals surface area (Å²) in [7, 11) is 0. The highest BCUT2D eigenvalue weighted by Crippen LogP contribution is 2.53. The summed E-state index contributed by atoms with van der Waals surface area (Å²) in [5, 5.41) is 10.0. The molecule has 1 aromatic rings. The minimum atomic E-state index is -0.785. The molecule has 4 heteroatoms. The van der Waals surface area contributed by atoms with Crippen LogP contribution < -0.4 is 9.47 Å². The highest BCUT2D eigenvalue weighted by Gasteiger charge is 2.49. The van der Waals surface area contributed by atoms with Gasteiger partial charge in [0.1, 0.15) is 23.7 Å². The molecule has 1 N–H and O–H groups in total. The Balaban J connectivity index is 1.97. The van der Waals surface area contributed by atoms with E-state index >= 15 is 0 Å². The Bertz CT molecular complexity index is 607. The van der Waals surface area contributed by atoms with Gasteiger partial charge in [0.15, 0.2) is 0 Å². The molecule has 4 rings (SSSR count). The number of rotatable bonds is 2. The van der Waals surface area contributed by atoms with Gasteiger partial charge in [-0.15, -0.1) is 0 Å². The maximum atomic E-state index is 12.2. The zero-order valence-electron chi connectivity index (χ0n) is 13.1. The smallest absolute Gasteiger partial charge is 0.314 e. The molecule has 0 bridgehead atoms. The molecule has 2 unspecified atom stereocenters. The highest BCUT2D eigenvalue weighted by molar-refractivity contribution is 5.85. The number of hydrogen-bond donors (Lipinski definition) is 1. The van der Waals surface area contributed by atoms with E-state index in [2.05, 4.69) is 6.07 Å². The van der Waals surface area contributed by atoms with Crippen molar-refractivity contribution >= 4 is 5.97 Å². The van der Waals surface area contributed by atoms with Gasteiger partial charge >= 0.3 is 5.97 Å². The van der Waals surface area contributed by atoms with Gasteiger partial charge in [-0.25, -0.2) is 0 Å². The minimum Gasteiger partial charge on any atom is -0.490 e. The van der Waals surface area contributed by atoms with Gasteiger partial charge in [0.05, 0.1) is 5.41 Å². The molecule has 2 atom stereocenters. The summed E-state index contributed by atoms with van der Waals surface area (Å²) in [4.78, 5) is 12.2. The van der Waals surface area contributed by atoms with Crippen LogP contribution in [0.15, 0.2) is 6.07 Å².